The van der Waals surface area contributed by atoms with Crippen molar-refractivity contribution in [1.82, 2.24) is 14.7 Å². The number of fused-ring (bicyclic) bond motifs is 1. The molecule has 0 amide bonds. The molecule has 112 valence electrons. The average molecular weight is 283 g/mol. The molecule has 0 bridgehead atoms. The zero-order chi connectivity index (χ0) is 14.5. The molecule has 1 aliphatic rings. The Morgan fingerprint density at radius 3 is 2.95 bits per heavy atom. The molecule has 3 nitrogen and oxygen atoms in total. The van der Waals surface area contributed by atoms with Gasteiger partial charge in [0.25, 0.3) is 0 Å². The van der Waals surface area contributed by atoms with Crippen molar-refractivity contribution in [3.8, 4) is 0 Å². The molecule has 0 saturated heterocycles. The van der Waals surface area contributed by atoms with Gasteiger partial charge in [-0.3, -0.25) is 0 Å². The summed E-state index contributed by atoms with van der Waals surface area (Å²) in [7, 11) is 0. The maximum atomic E-state index is 4.71. The van der Waals surface area contributed by atoms with Gasteiger partial charge in [0, 0.05) is 18.9 Å². The predicted molar refractivity (Wildman–Crippen MR) is 88.3 cm³/mol. The van der Waals surface area contributed by atoms with Crippen LogP contribution >= 0.6 is 0 Å². The first-order valence-electron chi connectivity index (χ1n) is 8.21. The Morgan fingerprint density at radius 2 is 2.19 bits per heavy atom. The number of pyridine rings is 1. The molecule has 2 aromatic rings. The van der Waals surface area contributed by atoms with E-state index in [9.17, 15) is 0 Å². The van der Waals surface area contributed by atoms with Crippen LogP contribution in [0.3, 0.4) is 0 Å². The molecular weight excluding hydrogens is 258 g/mol. The van der Waals surface area contributed by atoms with Crippen molar-refractivity contribution >= 4 is 11.7 Å². The van der Waals surface area contributed by atoms with Gasteiger partial charge in [-0.15, -0.1) is 0 Å². The molecule has 2 heterocycles. The second kappa shape index (κ2) is 6.90. The van der Waals surface area contributed by atoms with Crippen LogP contribution in [-0.4, -0.2) is 22.5 Å². The lowest BCUT2D eigenvalue weighted by Crippen LogP contribution is -2.22. The molecule has 0 unspecified atom stereocenters. The predicted octanol–water partition coefficient (Wildman–Crippen LogP) is 3.91. The van der Waals surface area contributed by atoms with Crippen LogP contribution in [0.1, 0.15) is 44.7 Å². The van der Waals surface area contributed by atoms with Gasteiger partial charge < -0.3 is 9.72 Å². The highest BCUT2D eigenvalue weighted by molar-refractivity contribution is 5.54. The molecule has 3 rings (SSSR count). The molecule has 0 aromatic carbocycles. The van der Waals surface area contributed by atoms with E-state index >= 15 is 0 Å². The molecule has 1 fully saturated rings. The Hall–Kier alpha value is -1.61. The topological polar surface area (TPSA) is 29.3 Å². The molecule has 0 radical (unpaired) electrons. The average Bonchev–Trinajstić information content (AvgIpc) is 2.94. The Bertz CT molecular complexity index is 573. The molecular formula is C18H25N3. The van der Waals surface area contributed by atoms with Crippen molar-refractivity contribution in [2.75, 3.05) is 13.1 Å². The van der Waals surface area contributed by atoms with E-state index in [0.717, 1.165) is 30.3 Å². The summed E-state index contributed by atoms with van der Waals surface area (Å²) in [6.07, 6.45) is 13.3. The minimum absolute atomic E-state index is 0.739. The van der Waals surface area contributed by atoms with E-state index in [-0.39, 0.29) is 0 Å². The molecule has 2 aromatic heterocycles. The largest absolute Gasteiger partial charge is 0.313 e. The summed E-state index contributed by atoms with van der Waals surface area (Å²) in [5.74, 6) is 0.739. The van der Waals surface area contributed by atoms with E-state index < -0.39 is 0 Å². The van der Waals surface area contributed by atoms with Gasteiger partial charge in [0.05, 0.1) is 5.69 Å². The molecule has 0 atom stereocenters. The van der Waals surface area contributed by atoms with Crippen LogP contribution in [0.4, 0.5) is 0 Å². The minimum Gasteiger partial charge on any atom is -0.313 e. The minimum atomic E-state index is 0.739. The van der Waals surface area contributed by atoms with Crippen molar-refractivity contribution < 1.29 is 0 Å². The third-order valence-corrected chi connectivity index (χ3v) is 4.42. The Morgan fingerprint density at radius 1 is 1.33 bits per heavy atom. The number of nitrogens with one attached hydrogen (secondary N) is 1. The molecule has 1 saturated carbocycles. The normalized spacial score (nSPS) is 17.5. The van der Waals surface area contributed by atoms with Gasteiger partial charge in [-0.1, -0.05) is 37.8 Å². The van der Waals surface area contributed by atoms with E-state index in [1.54, 1.807) is 0 Å². The first-order chi connectivity index (χ1) is 10.4. The SMILES string of the molecule is CCNC/C(=C/c1cn2ccccc2n1)C1CCCCC1. The highest BCUT2D eigenvalue weighted by Gasteiger charge is 2.17. The monoisotopic (exact) mass is 283 g/mol. The van der Waals surface area contributed by atoms with E-state index in [2.05, 4.69) is 41.2 Å². The molecule has 1 N–H and O–H groups in total. The molecule has 21 heavy (non-hydrogen) atoms. The van der Waals surface area contributed by atoms with Crippen LogP contribution in [-0.2, 0) is 0 Å². The molecule has 3 heteroatoms. The van der Waals surface area contributed by atoms with Crippen molar-refractivity contribution in [2.45, 2.75) is 39.0 Å². The lowest BCUT2D eigenvalue weighted by Gasteiger charge is -2.24. The van der Waals surface area contributed by atoms with E-state index in [0.29, 0.717) is 0 Å². The number of rotatable bonds is 5. The summed E-state index contributed by atoms with van der Waals surface area (Å²) >= 11 is 0. The fourth-order valence-corrected chi connectivity index (χ4v) is 3.27. The summed E-state index contributed by atoms with van der Waals surface area (Å²) in [5, 5.41) is 3.50. The fourth-order valence-electron chi connectivity index (χ4n) is 3.27. The van der Waals surface area contributed by atoms with Crippen molar-refractivity contribution in [3.63, 3.8) is 0 Å². The number of imidazole rings is 1. The lowest BCUT2D eigenvalue weighted by atomic mass is 9.83. The highest BCUT2D eigenvalue weighted by atomic mass is 15.0. The molecule has 0 aliphatic heterocycles. The Kier molecular flexibility index (Phi) is 4.71. The van der Waals surface area contributed by atoms with E-state index in [4.69, 9.17) is 4.98 Å². The van der Waals surface area contributed by atoms with E-state index in [1.165, 1.54) is 37.7 Å². The first-order valence-corrected chi connectivity index (χ1v) is 8.21. The van der Waals surface area contributed by atoms with Crippen LogP contribution < -0.4 is 5.32 Å². The Labute approximate surface area is 127 Å². The summed E-state index contributed by atoms with van der Waals surface area (Å²) in [6.45, 7) is 4.19. The van der Waals surface area contributed by atoms with Crippen molar-refractivity contribution in [3.05, 3.63) is 41.9 Å². The first kappa shape index (κ1) is 14.3. The standard InChI is InChI=1S/C18H25N3/c1-2-19-13-16(15-8-4-3-5-9-15)12-17-14-21-11-7-6-10-18(21)20-17/h6-7,10-12,14-15,19H,2-5,8-9,13H2,1H3/b16-12-. The lowest BCUT2D eigenvalue weighted by molar-refractivity contribution is 0.397. The van der Waals surface area contributed by atoms with Crippen LogP contribution in [0.15, 0.2) is 36.2 Å². The van der Waals surface area contributed by atoms with Gasteiger partial charge in [0.1, 0.15) is 5.65 Å². The summed E-state index contributed by atoms with van der Waals surface area (Å²) in [5.41, 5.74) is 3.63. The molecule has 0 spiro atoms. The smallest absolute Gasteiger partial charge is 0.137 e. The fraction of sp³-hybridized carbons (Fsp3) is 0.500. The number of nitrogens with zero attached hydrogens (tertiary/aromatic N) is 2. The maximum Gasteiger partial charge on any atom is 0.137 e. The number of likely N-dealkylation sites (N-methyl/N-ethyl adjacent to an activating group) is 1. The summed E-state index contributed by atoms with van der Waals surface area (Å²) in [4.78, 5) is 4.71. The van der Waals surface area contributed by atoms with Crippen molar-refractivity contribution in [1.29, 1.82) is 0 Å². The second-order valence-electron chi connectivity index (χ2n) is 5.97. The summed E-state index contributed by atoms with van der Waals surface area (Å²) in [6, 6.07) is 6.14. The quantitative estimate of drug-likeness (QED) is 0.901. The van der Waals surface area contributed by atoms with Crippen LogP contribution in [0, 0.1) is 5.92 Å². The van der Waals surface area contributed by atoms with Gasteiger partial charge in [-0.2, -0.15) is 0 Å². The summed E-state index contributed by atoms with van der Waals surface area (Å²) < 4.78 is 2.09. The van der Waals surface area contributed by atoms with Crippen LogP contribution in [0.5, 0.6) is 0 Å². The van der Waals surface area contributed by atoms with Crippen LogP contribution in [0.25, 0.3) is 11.7 Å². The third-order valence-electron chi connectivity index (χ3n) is 4.42. The zero-order valence-electron chi connectivity index (χ0n) is 12.9. The van der Waals surface area contributed by atoms with Gasteiger partial charge in [-0.25, -0.2) is 4.98 Å². The van der Waals surface area contributed by atoms with E-state index in [1.807, 2.05) is 12.1 Å². The van der Waals surface area contributed by atoms with Crippen LogP contribution in [0.2, 0.25) is 0 Å². The maximum absolute atomic E-state index is 4.71. The van der Waals surface area contributed by atoms with Gasteiger partial charge in [-0.05, 0) is 43.5 Å². The number of hydrogen-bond acceptors (Lipinski definition) is 2. The van der Waals surface area contributed by atoms with Gasteiger partial charge in [0.2, 0.25) is 0 Å². The second-order valence-corrected chi connectivity index (χ2v) is 5.97. The van der Waals surface area contributed by atoms with Gasteiger partial charge in [0.15, 0.2) is 0 Å². The number of hydrogen-bond donors (Lipinski definition) is 1. The highest BCUT2D eigenvalue weighted by Crippen LogP contribution is 2.30. The zero-order valence-corrected chi connectivity index (χ0v) is 12.9. The van der Waals surface area contributed by atoms with Gasteiger partial charge >= 0.3 is 0 Å². The van der Waals surface area contributed by atoms with Crippen molar-refractivity contribution in [2.24, 2.45) is 5.92 Å². The third kappa shape index (κ3) is 3.53. The molecule has 1 aliphatic carbocycles. The number of aromatic nitrogens is 2. The Balaban J connectivity index is 1.85.